The SMILES string of the molecule is CN1C[C@@H](C(=O)Nc2ccc(F)cc2)C[C@H]1C1CCN(C(=O)c2cnccn2)CC1. The van der Waals surface area contributed by atoms with E-state index in [1.807, 2.05) is 4.90 Å². The lowest BCUT2D eigenvalue weighted by atomic mass is 9.86. The Morgan fingerprint density at radius 2 is 1.87 bits per heavy atom. The number of anilines is 1. The summed E-state index contributed by atoms with van der Waals surface area (Å²) in [4.78, 5) is 37.4. The molecule has 2 aliphatic rings. The lowest BCUT2D eigenvalue weighted by Crippen LogP contribution is -2.44. The Balaban J connectivity index is 1.30. The fourth-order valence-corrected chi connectivity index (χ4v) is 4.61. The molecule has 30 heavy (non-hydrogen) atoms. The van der Waals surface area contributed by atoms with Crippen LogP contribution in [0, 0.1) is 17.7 Å². The van der Waals surface area contributed by atoms with Crippen LogP contribution in [-0.4, -0.2) is 64.3 Å². The molecule has 2 saturated heterocycles. The average molecular weight is 411 g/mol. The third-order valence-electron chi connectivity index (χ3n) is 6.24. The van der Waals surface area contributed by atoms with E-state index in [9.17, 15) is 14.0 Å². The normalized spacial score (nSPS) is 22.8. The Labute approximate surface area is 175 Å². The molecule has 2 aromatic rings. The van der Waals surface area contributed by atoms with Crippen LogP contribution in [0.1, 0.15) is 29.8 Å². The van der Waals surface area contributed by atoms with Gasteiger partial charge in [-0.2, -0.15) is 0 Å². The molecule has 0 bridgehead atoms. The lowest BCUT2D eigenvalue weighted by Gasteiger charge is -2.36. The predicted molar refractivity (Wildman–Crippen MR) is 110 cm³/mol. The van der Waals surface area contributed by atoms with Crippen molar-refractivity contribution in [2.75, 3.05) is 32.0 Å². The van der Waals surface area contributed by atoms with Gasteiger partial charge in [-0.3, -0.25) is 14.6 Å². The number of likely N-dealkylation sites (tertiary alicyclic amines) is 2. The van der Waals surface area contributed by atoms with Gasteiger partial charge in [-0.15, -0.1) is 0 Å². The number of carbonyl (C=O) groups excluding carboxylic acids is 2. The fraction of sp³-hybridized carbons (Fsp3) is 0.455. The maximum absolute atomic E-state index is 13.1. The first-order valence-corrected chi connectivity index (χ1v) is 10.3. The van der Waals surface area contributed by atoms with Crippen LogP contribution in [-0.2, 0) is 4.79 Å². The molecule has 1 aromatic carbocycles. The van der Waals surface area contributed by atoms with Crippen LogP contribution in [0.5, 0.6) is 0 Å². The van der Waals surface area contributed by atoms with Crippen molar-refractivity contribution >= 4 is 17.5 Å². The van der Waals surface area contributed by atoms with Gasteiger partial charge in [0.25, 0.3) is 5.91 Å². The number of carbonyl (C=O) groups is 2. The number of hydrogen-bond acceptors (Lipinski definition) is 5. The largest absolute Gasteiger partial charge is 0.337 e. The van der Waals surface area contributed by atoms with Crippen LogP contribution in [0.25, 0.3) is 0 Å². The number of aromatic nitrogens is 2. The molecule has 0 aliphatic carbocycles. The molecule has 0 unspecified atom stereocenters. The zero-order chi connectivity index (χ0) is 21.1. The van der Waals surface area contributed by atoms with Gasteiger partial charge in [0.1, 0.15) is 11.5 Å². The highest BCUT2D eigenvalue weighted by molar-refractivity contribution is 5.93. The summed E-state index contributed by atoms with van der Waals surface area (Å²) < 4.78 is 13.1. The van der Waals surface area contributed by atoms with E-state index < -0.39 is 0 Å². The van der Waals surface area contributed by atoms with E-state index in [2.05, 4.69) is 27.2 Å². The van der Waals surface area contributed by atoms with Gasteiger partial charge in [0.05, 0.1) is 12.1 Å². The van der Waals surface area contributed by atoms with Crippen molar-refractivity contribution in [1.82, 2.24) is 19.8 Å². The summed E-state index contributed by atoms with van der Waals surface area (Å²) in [5.41, 5.74) is 0.995. The van der Waals surface area contributed by atoms with E-state index in [0.29, 0.717) is 43.0 Å². The molecule has 0 spiro atoms. The molecule has 2 amide bonds. The van der Waals surface area contributed by atoms with Crippen molar-refractivity contribution in [1.29, 1.82) is 0 Å². The standard InChI is InChI=1S/C22H26FN5O2/c1-27-14-16(21(29)26-18-4-2-17(23)3-5-18)12-20(27)15-6-10-28(11-7-15)22(30)19-13-24-8-9-25-19/h2-5,8-9,13,15-16,20H,6-7,10-12,14H2,1H3,(H,26,29)/t16-,20-/m0/s1. The second kappa shape index (κ2) is 8.87. The second-order valence-corrected chi connectivity index (χ2v) is 8.16. The van der Waals surface area contributed by atoms with Crippen molar-refractivity contribution in [2.45, 2.75) is 25.3 Å². The van der Waals surface area contributed by atoms with Gasteiger partial charge in [0.15, 0.2) is 0 Å². The average Bonchev–Trinajstić information content (AvgIpc) is 3.17. The summed E-state index contributed by atoms with van der Waals surface area (Å²) in [5.74, 6) is -0.0595. The van der Waals surface area contributed by atoms with Crippen LogP contribution >= 0.6 is 0 Å². The van der Waals surface area contributed by atoms with Gasteiger partial charge in [0, 0.05) is 43.8 Å². The number of halogens is 1. The number of hydrogen-bond donors (Lipinski definition) is 1. The van der Waals surface area contributed by atoms with Gasteiger partial charge in [-0.1, -0.05) is 0 Å². The summed E-state index contributed by atoms with van der Waals surface area (Å²) >= 11 is 0. The highest BCUT2D eigenvalue weighted by atomic mass is 19.1. The fourth-order valence-electron chi connectivity index (χ4n) is 4.61. The minimum Gasteiger partial charge on any atom is -0.337 e. The van der Waals surface area contributed by atoms with Crippen LogP contribution in [0.4, 0.5) is 10.1 Å². The molecule has 8 heteroatoms. The molecule has 1 N–H and O–H groups in total. The molecule has 158 valence electrons. The Hall–Kier alpha value is -2.87. The Kier molecular flexibility index (Phi) is 6.03. The van der Waals surface area contributed by atoms with Crippen molar-refractivity contribution in [3.63, 3.8) is 0 Å². The minimum atomic E-state index is -0.321. The molecule has 0 saturated carbocycles. The third kappa shape index (κ3) is 4.48. The van der Waals surface area contributed by atoms with Gasteiger partial charge in [0.2, 0.25) is 5.91 Å². The molecule has 4 rings (SSSR count). The van der Waals surface area contributed by atoms with Gasteiger partial charge >= 0.3 is 0 Å². The maximum atomic E-state index is 13.1. The van der Waals surface area contributed by atoms with E-state index in [1.165, 1.54) is 24.5 Å². The number of nitrogens with one attached hydrogen (secondary N) is 1. The van der Waals surface area contributed by atoms with Crippen molar-refractivity contribution in [3.05, 3.63) is 54.4 Å². The molecule has 7 nitrogen and oxygen atoms in total. The molecule has 2 atom stereocenters. The van der Waals surface area contributed by atoms with Crippen molar-refractivity contribution < 1.29 is 14.0 Å². The molecule has 2 aliphatic heterocycles. The number of benzene rings is 1. The summed E-state index contributed by atoms with van der Waals surface area (Å²) in [5, 5.41) is 2.90. The zero-order valence-electron chi connectivity index (χ0n) is 17.0. The maximum Gasteiger partial charge on any atom is 0.274 e. The smallest absolute Gasteiger partial charge is 0.274 e. The van der Waals surface area contributed by atoms with E-state index in [-0.39, 0.29) is 23.5 Å². The van der Waals surface area contributed by atoms with Gasteiger partial charge in [-0.05, 0) is 56.5 Å². The number of amides is 2. The van der Waals surface area contributed by atoms with Crippen LogP contribution < -0.4 is 5.32 Å². The summed E-state index contributed by atoms with van der Waals surface area (Å²) in [6.07, 6.45) is 7.21. The first-order chi connectivity index (χ1) is 14.5. The summed E-state index contributed by atoms with van der Waals surface area (Å²) in [7, 11) is 2.06. The van der Waals surface area contributed by atoms with Crippen LogP contribution in [0.3, 0.4) is 0 Å². The van der Waals surface area contributed by atoms with E-state index >= 15 is 0 Å². The van der Waals surface area contributed by atoms with E-state index in [0.717, 1.165) is 19.3 Å². The van der Waals surface area contributed by atoms with E-state index in [4.69, 9.17) is 0 Å². The quantitative estimate of drug-likeness (QED) is 0.836. The Morgan fingerprint density at radius 3 is 2.53 bits per heavy atom. The highest BCUT2D eigenvalue weighted by Crippen LogP contribution is 2.33. The molecule has 1 aromatic heterocycles. The van der Waals surface area contributed by atoms with Crippen molar-refractivity contribution in [2.24, 2.45) is 11.8 Å². The second-order valence-electron chi connectivity index (χ2n) is 8.16. The van der Waals surface area contributed by atoms with E-state index in [1.54, 1.807) is 18.3 Å². The topological polar surface area (TPSA) is 78.4 Å². The number of rotatable bonds is 4. The zero-order valence-corrected chi connectivity index (χ0v) is 17.0. The summed E-state index contributed by atoms with van der Waals surface area (Å²) in [6.45, 7) is 2.09. The molecule has 3 heterocycles. The molecule has 2 fully saturated rings. The monoisotopic (exact) mass is 411 g/mol. The predicted octanol–water partition coefficient (Wildman–Crippen LogP) is 2.43. The first kappa shape index (κ1) is 20.4. The third-order valence-corrected chi connectivity index (χ3v) is 6.24. The van der Waals surface area contributed by atoms with Gasteiger partial charge < -0.3 is 15.1 Å². The van der Waals surface area contributed by atoms with Gasteiger partial charge in [-0.25, -0.2) is 9.37 Å². The van der Waals surface area contributed by atoms with Crippen LogP contribution in [0.2, 0.25) is 0 Å². The highest BCUT2D eigenvalue weighted by Gasteiger charge is 2.39. The number of piperidine rings is 1. The Morgan fingerprint density at radius 1 is 1.13 bits per heavy atom. The molecular weight excluding hydrogens is 385 g/mol. The number of nitrogens with zero attached hydrogens (tertiary/aromatic N) is 4. The Bertz CT molecular complexity index is 884. The molecule has 0 radical (unpaired) electrons. The lowest BCUT2D eigenvalue weighted by molar-refractivity contribution is -0.119. The summed E-state index contributed by atoms with van der Waals surface area (Å²) in [6, 6.07) is 6.16. The first-order valence-electron chi connectivity index (χ1n) is 10.3. The minimum absolute atomic E-state index is 0.0220. The van der Waals surface area contributed by atoms with Crippen molar-refractivity contribution in [3.8, 4) is 0 Å². The van der Waals surface area contributed by atoms with Crippen LogP contribution in [0.15, 0.2) is 42.9 Å². The molecular formula is C22H26FN5O2.